The summed E-state index contributed by atoms with van der Waals surface area (Å²) in [5, 5.41) is 11.7. The lowest BCUT2D eigenvalue weighted by atomic mass is 10.1. The van der Waals surface area contributed by atoms with Crippen molar-refractivity contribution in [3.63, 3.8) is 0 Å². The molecule has 0 radical (unpaired) electrons. The van der Waals surface area contributed by atoms with Gasteiger partial charge in [-0.05, 0) is 43.7 Å². The monoisotopic (exact) mass is 504 g/mol. The predicted octanol–water partition coefficient (Wildman–Crippen LogP) is 3.16. The summed E-state index contributed by atoms with van der Waals surface area (Å²) in [6.07, 6.45) is 3.85. The fourth-order valence-corrected chi connectivity index (χ4v) is 4.66. The number of sulfone groups is 1. The highest BCUT2D eigenvalue weighted by molar-refractivity contribution is 7.98. The van der Waals surface area contributed by atoms with Gasteiger partial charge in [-0.1, -0.05) is 37.7 Å². The van der Waals surface area contributed by atoms with Crippen LogP contribution in [0.25, 0.3) is 11.0 Å². The minimum atomic E-state index is -3.32. The van der Waals surface area contributed by atoms with Gasteiger partial charge in [0.25, 0.3) is 0 Å². The van der Waals surface area contributed by atoms with Gasteiger partial charge in [-0.3, -0.25) is 4.79 Å². The van der Waals surface area contributed by atoms with Crippen LogP contribution in [0.5, 0.6) is 0 Å². The predicted molar refractivity (Wildman–Crippen MR) is 136 cm³/mol. The van der Waals surface area contributed by atoms with Crippen LogP contribution in [0.2, 0.25) is 0 Å². The first-order valence-electron chi connectivity index (χ1n) is 11.2. The molecular weight excluding hydrogens is 472 g/mol. The first kappa shape index (κ1) is 26.0. The molecule has 2 N–H and O–H groups in total. The van der Waals surface area contributed by atoms with E-state index in [9.17, 15) is 13.2 Å². The van der Waals surface area contributed by atoms with Crippen molar-refractivity contribution in [3.05, 3.63) is 36.0 Å². The molecule has 1 amide bonds. The Labute approximate surface area is 205 Å². The van der Waals surface area contributed by atoms with Crippen LogP contribution in [-0.4, -0.2) is 58.7 Å². The fraction of sp³-hybridized carbons (Fsp3) is 0.478. The van der Waals surface area contributed by atoms with Gasteiger partial charge in [0.1, 0.15) is 5.82 Å². The summed E-state index contributed by atoms with van der Waals surface area (Å²) in [7, 11) is -3.32. The van der Waals surface area contributed by atoms with Gasteiger partial charge >= 0.3 is 0 Å². The van der Waals surface area contributed by atoms with Gasteiger partial charge in [-0.15, -0.1) is 0 Å². The first-order valence-corrected chi connectivity index (χ1v) is 14.0. The van der Waals surface area contributed by atoms with E-state index in [1.807, 2.05) is 6.26 Å². The van der Waals surface area contributed by atoms with Crippen molar-refractivity contribution in [3.8, 4) is 0 Å². The number of hydrogen-bond donors (Lipinski definition) is 2. The van der Waals surface area contributed by atoms with Crippen molar-refractivity contribution in [1.82, 2.24) is 25.1 Å². The Hall–Kier alpha value is -2.66. The number of fused-ring (bicyclic) bond motifs is 1. The largest absolute Gasteiger partial charge is 0.369 e. The molecule has 2 aromatic heterocycles. The molecule has 3 aromatic rings. The van der Waals surface area contributed by atoms with Crippen LogP contribution in [0.15, 0.2) is 40.5 Å². The van der Waals surface area contributed by atoms with E-state index in [0.29, 0.717) is 24.2 Å². The second-order valence-corrected chi connectivity index (χ2v) is 12.0. The number of nitrogens with zero attached hydrogens (tertiary/aromatic N) is 4. The Balaban J connectivity index is 1.61. The molecule has 2 heterocycles. The fourth-order valence-electron chi connectivity index (χ4n) is 3.24. The average Bonchev–Trinajstić information content (AvgIpc) is 3.20. The van der Waals surface area contributed by atoms with Crippen molar-refractivity contribution in [2.75, 3.05) is 24.7 Å². The Morgan fingerprint density at radius 3 is 2.44 bits per heavy atom. The minimum Gasteiger partial charge on any atom is -0.369 e. The van der Waals surface area contributed by atoms with Gasteiger partial charge in [0.2, 0.25) is 5.91 Å². The van der Waals surface area contributed by atoms with Crippen LogP contribution in [0.3, 0.4) is 0 Å². The number of benzene rings is 1. The lowest BCUT2D eigenvalue weighted by molar-refractivity contribution is -0.120. The van der Waals surface area contributed by atoms with Gasteiger partial charge in [0.15, 0.2) is 20.6 Å². The highest BCUT2D eigenvalue weighted by atomic mass is 32.2. The third-order valence-corrected chi connectivity index (χ3v) is 7.94. The third kappa shape index (κ3) is 6.26. The maximum Gasteiger partial charge on any atom is 0.224 e. The molecular formula is C23H32N6O3S2. The van der Waals surface area contributed by atoms with Crippen LogP contribution >= 0.6 is 11.8 Å². The van der Waals surface area contributed by atoms with Crippen molar-refractivity contribution < 1.29 is 13.2 Å². The average molecular weight is 505 g/mol. The molecule has 0 saturated carbocycles. The number of aromatic nitrogens is 4. The SMILES string of the molecule is CSc1nc(NCC(C)C)c2cnn(CCNC(=O)Cc3ccc(S(=O)(=O)C(C)C)cc3)c2n1. The first-order chi connectivity index (χ1) is 16.1. The van der Waals surface area contributed by atoms with Crippen molar-refractivity contribution in [1.29, 1.82) is 0 Å². The highest BCUT2D eigenvalue weighted by Crippen LogP contribution is 2.23. The van der Waals surface area contributed by atoms with E-state index in [1.54, 1.807) is 49.0 Å². The van der Waals surface area contributed by atoms with Gasteiger partial charge in [-0.25, -0.2) is 23.1 Å². The van der Waals surface area contributed by atoms with Crippen LogP contribution in [-0.2, 0) is 27.6 Å². The zero-order valence-corrected chi connectivity index (χ0v) is 21.8. The topological polar surface area (TPSA) is 119 Å². The molecule has 34 heavy (non-hydrogen) atoms. The molecule has 0 spiro atoms. The summed E-state index contributed by atoms with van der Waals surface area (Å²) in [5.41, 5.74) is 1.48. The molecule has 0 unspecified atom stereocenters. The Morgan fingerprint density at radius 1 is 1.12 bits per heavy atom. The Kier molecular flexibility index (Phi) is 8.53. The number of thioether (sulfide) groups is 1. The van der Waals surface area contributed by atoms with Crippen LogP contribution in [0, 0.1) is 5.92 Å². The standard InChI is InChI=1S/C23H32N6O3S2/c1-15(2)13-25-21-19-14-26-29(22(19)28-23(27-21)33-5)11-10-24-20(30)12-17-6-8-18(9-7-17)34(31,32)16(3)4/h6-9,14-16H,10-13H2,1-5H3,(H,24,30)(H,25,27,28). The number of rotatable bonds is 11. The smallest absolute Gasteiger partial charge is 0.224 e. The van der Waals surface area contributed by atoms with Crippen LogP contribution < -0.4 is 10.6 Å². The molecule has 0 saturated heterocycles. The second-order valence-electron chi connectivity index (χ2n) is 8.70. The van der Waals surface area contributed by atoms with Gasteiger partial charge in [0.05, 0.1) is 34.7 Å². The zero-order valence-electron chi connectivity index (χ0n) is 20.2. The minimum absolute atomic E-state index is 0.144. The second kappa shape index (κ2) is 11.2. The summed E-state index contributed by atoms with van der Waals surface area (Å²) in [6.45, 7) is 9.22. The van der Waals surface area contributed by atoms with E-state index in [0.717, 1.165) is 29.0 Å². The Morgan fingerprint density at radius 2 is 1.82 bits per heavy atom. The lowest BCUT2D eigenvalue weighted by Crippen LogP contribution is -2.29. The third-order valence-electron chi connectivity index (χ3n) is 5.22. The Bertz CT molecular complexity index is 1240. The van der Waals surface area contributed by atoms with E-state index in [2.05, 4.69) is 39.5 Å². The quantitative estimate of drug-likeness (QED) is 0.302. The van der Waals surface area contributed by atoms with E-state index in [4.69, 9.17) is 0 Å². The summed E-state index contributed by atoms with van der Waals surface area (Å²) in [6, 6.07) is 6.48. The molecule has 0 bridgehead atoms. The van der Waals surface area contributed by atoms with Gasteiger partial charge in [-0.2, -0.15) is 5.10 Å². The van der Waals surface area contributed by atoms with Crippen LogP contribution in [0.4, 0.5) is 5.82 Å². The number of amides is 1. The molecule has 0 aliphatic heterocycles. The van der Waals surface area contributed by atoms with Crippen molar-refractivity contribution >= 4 is 44.4 Å². The molecule has 1 aromatic carbocycles. The van der Waals surface area contributed by atoms with Crippen molar-refractivity contribution in [2.45, 2.75) is 56.0 Å². The molecule has 0 atom stereocenters. The number of anilines is 1. The van der Waals surface area contributed by atoms with Crippen molar-refractivity contribution in [2.24, 2.45) is 5.92 Å². The normalized spacial score (nSPS) is 12.0. The molecule has 3 rings (SSSR count). The summed E-state index contributed by atoms with van der Waals surface area (Å²) in [5.74, 6) is 1.10. The summed E-state index contributed by atoms with van der Waals surface area (Å²) in [4.78, 5) is 21.8. The number of carbonyl (C=O) groups is 1. The van der Waals surface area contributed by atoms with E-state index in [1.165, 1.54) is 11.8 Å². The molecule has 0 aliphatic carbocycles. The van der Waals surface area contributed by atoms with Gasteiger partial charge in [0, 0.05) is 13.1 Å². The zero-order chi connectivity index (χ0) is 24.9. The molecule has 9 nitrogen and oxygen atoms in total. The van der Waals surface area contributed by atoms with E-state index < -0.39 is 15.1 Å². The molecule has 0 fully saturated rings. The summed E-state index contributed by atoms with van der Waals surface area (Å²) >= 11 is 1.47. The summed E-state index contributed by atoms with van der Waals surface area (Å²) < 4.78 is 26.2. The number of nitrogens with one attached hydrogen (secondary N) is 2. The van der Waals surface area contributed by atoms with Crippen LogP contribution in [0.1, 0.15) is 33.3 Å². The lowest BCUT2D eigenvalue weighted by Gasteiger charge is -2.11. The maximum absolute atomic E-state index is 12.4. The highest BCUT2D eigenvalue weighted by Gasteiger charge is 2.19. The van der Waals surface area contributed by atoms with E-state index >= 15 is 0 Å². The number of carbonyl (C=O) groups excluding carboxylic acids is 1. The molecule has 184 valence electrons. The van der Waals surface area contributed by atoms with Gasteiger partial charge < -0.3 is 10.6 Å². The molecule has 0 aliphatic rings. The molecule has 11 heteroatoms. The maximum atomic E-state index is 12.4. The number of hydrogen-bond acceptors (Lipinski definition) is 8. The van der Waals surface area contributed by atoms with E-state index in [-0.39, 0.29) is 17.2 Å².